The van der Waals surface area contributed by atoms with Crippen molar-refractivity contribution in [2.45, 2.75) is 26.3 Å². The molecule has 0 aromatic heterocycles. The molecule has 0 atom stereocenters. The van der Waals surface area contributed by atoms with E-state index in [0.29, 0.717) is 12.5 Å². The van der Waals surface area contributed by atoms with Gasteiger partial charge < -0.3 is 15.8 Å². The first-order chi connectivity index (χ1) is 8.42. The molecular weight excluding hydrogens is 228 g/mol. The summed E-state index contributed by atoms with van der Waals surface area (Å²) in [5.74, 6) is 0.490. The van der Waals surface area contributed by atoms with Crippen molar-refractivity contribution >= 4 is 5.96 Å². The van der Waals surface area contributed by atoms with E-state index < -0.39 is 0 Å². The zero-order valence-electron chi connectivity index (χ0n) is 11.8. The second-order valence-electron chi connectivity index (χ2n) is 5.44. The van der Waals surface area contributed by atoms with Crippen LogP contribution in [0.1, 0.15) is 20.8 Å². The molecule has 0 saturated carbocycles. The first-order valence-corrected chi connectivity index (χ1v) is 6.43. The number of ether oxygens (including phenoxy) is 1. The van der Waals surface area contributed by atoms with Crippen molar-refractivity contribution in [3.8, 4) is 0 Å². The zero-order chi connectivity index (χ0) is 13.6. The highest BCUT2D eigenvalue weighted by Gasteiger charge is 2.29. The molecule has 0 unspecified atom stereocenters. The molecule has 18 heavy (non-hydrogen) atoms. The Balaban J connectivity index is 2.28. The summed E-state index contributed by atoms with van der Waals surface area (Å²) in [5, 5.41) is 3.13. The van der Waals surface area contributed by atoms with E-state index >= 15 is 0 Å². The Labute approximate surface area is 110 Å². The van der Waals surface area contributed by atoms with Gasteiger partial charge in [0.15, 0.2) is 5.96 Å². The maximum Gasteiger partial charge on any atom is 0.188 e. The second kappa shape index (κ2) is 6.75. The van der Waals surface area contributed by atoms with Crippen molar-refractivity contribution < 1.29 is 4.74 Å². The van der Waals surface area contributed by atoms with Gasteiger partial charge in [0.25, 0.3) is 0 Å². The van der Waals surface area contributed by atoms with Crippen molar-refractivity contribution in [3.05, 3.63) is 12.2 Å². The Morgan fingerprint density at radius 2 is 2.28 bits per heavy atom. The average Bonchev–Trinajstić information content (AvgIpc) is 2.28. The maximum absolute atomic E-state index is 5.76. The van der Waals surface area contributed by atoms with E-state index in [4.69, 9.17) is 10.5 Å². The number of nitrogens with one attached hydrogen (secondary N) is 1. The lowest BCUT2D eigenvalue weighted by atomic mass is 10.0. The summed E-state index contributed by atoms with van der Waals surface area (Å²) in [5.41, 5.74) is 6.87. The number of guanidine groups is 1. The summed E-state index contributed by atoms with van der Waals surface area (Å²) in [7, 11) is 0. The lowest BCUT2D eigenvalue weighted by molar-refractivity contribution is -0.0496. The molecule has 1 saturated heterocycles. The topological polar surface area (TPSA) is 62.9 Å². The molecule has 0 amide bonds. The minimum absolute atomic E-state index is 0.101. The number of aliphatic imine (C=N–C) groups is 1. The molecule has 0 aromatic carbocycles. The van der Waals surface area contributed by atoms with Crippen LogP contribution in [0, 0.1) is 0 Å². The second-order valence-corrected chi connectivity index (χ2v) is 5.44. The number of hydrogen-bond acceptors (Lipinski definition) is 3. The predicted octanol–water partition coefficient (Wildman–Crippen LogP) is 0.578. The highest BCUT2D eigenvalue weighted by molar-refractivity contribution is 5.77. The molecule has 3 N–H and O–H groups in total. The standard InChI is InChI=1S/C13H26N4O/c1-11(2)9-16-12(14)15-5-6-17-7-8-18-10-13(17,3)4/h1,5-10H2,2-4H3,(H3,14,15,16). The normalized spacial score (nSPS) is 20.7. The summed E-state index contributed by atoms with van der Waals surface area (Å²) in [6.07, 6.45) is 0. The number of nitrogens with two attached hydrogens (primary N) is 1. The molecule has 104 valence electrons. The number of morpholine rings is 1. The van der Waals surface area contributed by atoms with Crippen LogP contribution in [0.2, 0.25) is 0 Å². The number of rotatable bonds is 5. The van der Waals surface area contributed by atoms with Gasteiger partial charge in [-0.2, -0.15) is 0 Å². The van der Waals surface area contributed by atoms with Gasteiger partial charge in [0.05, 0.1) is 19.8 Å². The van der Waals surface area contributed by atoms with E-state index in [1.165, 1.54) is 0 Å². The van der Waals surface area contributed by atoms with Crippen LogP contribution >= 0.6 is 0 Å². The van der Waals surface area contributed by atoms with Crippen LogP contribution in [-0.4, -0.2) is 55.8 Å². The maximum atomic E-state index is 5.76. The van der Waals surface area contributed by atoms with Crippen LogP contribution in [0.25, 0.3) is 0 Å². The van der Waals surface area contributed by atoms with Crippen LogP contribution in [0.5, 0.6) is 0 Å². The smallest absolute Gasteiger partial charge is 0.188 e. The summed E-state index contributed by atoms with van der Waals surface area (Å²) in [6.45, 7) is 15.0. The Morgan fingerprint density at radius 1 is 1.56 bits per heavy atom. The molecule has 1 rings (SSSR count). The van der Waals surface area contributed by atoms with E-state index in [0.717, 1.165) is 38.4 Å². The molecular formula is C13H26N4O. The molecule has 1 fully saturated rings. The molecule has 0 aromatic rings. The molecule has 5 nitrogen and oxygen atoms in total. The predicted molar refractivity (Wildman–Crippen MR) is 75.8 cm³/mol. The minimum atomic E-state index is 0.101. The SMILES string of the molecule is C=C(C)CN=C(N)NCCN1CCOCC1(C)C. The zero-order valence-corrected chi connectivity index (χ0v) is 11.8. The average molecular weight is 254 g/mol. The summed E-state index contributed by atoms with van der Waals surface area (Å²) >= 11 is 0. The van der Waals surface area contributed by atoms with Crippen molar-refractivity contribution in [1.82, 2.24) is 10.2 Å². The van der Waals surface area contributed by atoms with Crippen LogP contribution in [-0.2, 0) is 4.74 Å². The van der Waals surface area contributed by atoms with Gasteiger partial charge in [-0.25, -0.2) is 4.99 Å². The fourth-order valence-electron chi connectivity index (χ4n) is 1.90. The molecule has 5 heteroatoms. The molecule has 1 heterocycles. The van der Waals surface area contributed by atoms with E-state index in [9.17, 15) is 0 Å². The van der Waals surface area contributed by atoms with Gasteiger partial charge in [0, 0.05) is 25.2 Å². The Kier molecular flexibility index (Phi) is 5.62. The Morgan fingerprint density at radius 3 is 2.89 bits per heavy atom. The molecule has 1 aliphatic rings. The minimum Gasteiger partial charge on any atom is -0.378 e. The molecule has 1 aliphatic heterocycles. The van der Waals surface area contributed by atoms with Gasteiger partial charge >= 0.3 is 0 Å². The highest BCUT2D eigenvalue weighted by Crippen LogP contribution is 2.17. The molecule has 0 spiro atoms. The van der Waals surface area contributed by atoms with Crippen LogP contribution in [0.4, 0.5) is 0 Å². The van der Waals surface area contributed by atoms with Crippen LogP contribution in [0.3, 0.4) is 0 Å². The lowest BCUT2D eigenvalue weighted by Gasteiger charge is -2.42. The van der Waals surface area contributed by atoms with Gasteiger partial charge in [0.1, 0.15) is 0 Å². The third-order valence-corrected chi connectivity index (χ3v) is 3.02. The van der Waals surface area contributed by atoms with Crippen molar-refractivity contribution in [2.24, 2.45) is 10.7 Å². The summed E-state index contributed by atoms with van der Waals surface area (Å²) in [4.78, 5) is 6.60. The van der Waals surface area contributed by atoms with Gasteiger partial charge in [-0.3, -0.25) is 4.90 Å². The third kappa shape index (κ3) is 5.06. The fourth-order valence-corrected chi connectivity index (χ4v) is 1.90. The van der Waals surface area contributed by atoms with E-state index in [2.05, 4.69) is 35.6 Å². The van der Waals surface area contributed by atoms with Crippen LogP contribution in [0.15, 0.2) is 17.1 Å². The molecule has 0 bridgehead atoms. The van der Waals surface area contributed by atoms with Gasteiger partial charge in [0.2, 0.25) is 0 Å². The first kappa shape index (κ1) is 15.0. The van der Waals surface area contributed by atoms with E-state index in [1.807, 2.05) is 6.92 Å². The van der Waals surface area contributed by atoms with Crippen molar-refractivity contribution in [3.63, 3.8) is 0 Å². The van der Waals surface area contributed by atoms with Gasteiger partial charge in [-0.05, 0) is 20.8 Å². The highest BCUT2D eigenvalue weighted by atomic mass is 16.5. The Hall–Kier alpha value is -1.07. The number of nitrogens with zero attached hydrogens (tertiary/aromatic N) is 2. The van der Waals surface area contributed by atoms with Crippen molar-refractivity contribution in [2.75, 3.05) is 39.4 Å². The third-order valence-electron chi connectivity index (χ3n) is 3.02. The van der Waals surface area contributed by atoms with E-state index in [1.54, 1.807) is 0 Å². The summed E-state index contributed by atoms with van der Waals surface area (Å²) in [6, 6.07) is 0. The van der Waals surface area contributed by atoms with Crippen molar-refractivity contribution in [1.29, 1.82) is 0 Å². The lowest BCUT2D eigenvalue weighted by Crippen LogP contribution is -2.55. The monoisotopic (exact) mass is 254 g/mol. The molecule has 0 radical (unpaired) electrons. The fraction of sp³-hybridized carbons (Fsp3) is 0.769. The quantitative estimate of drug-likeness (QED) is 0.428. The summed E-state index contributed by atoms with van der Waals surface area (Å²) < 4.78 is 5.49. The largest absolute Gasteiger partial charge is 0.378 e. The first-order valence-electron chi connectivity index (χ1n) is 6.43. The molecule has 0 aliphatic carbocycles. The van der Waals surface area contributed by atoms with Crippen LogP contribution < -0.4 is 11.1 Å². The van der Waals surface area contributed by atoms with Gasteiger partial charge in [-0.1, -0.05) is 12.2 Å². The Bertz CT molecular complexity index is 312. The van der Waals surface area contributed by atoms with Gasteiger partial charge in [-0.15, -0.1) is 0 Å². The number of hydrogen-bond donors (Lipinski definition) is 2. The van der Waals surface area contributed by atoms with E-state index in [-0.39, 0.29) is 5.54 Å².